The molecule has 0 fully saturated rings. The minimum absolute atomic E-state index is 0.325. The van der Waals surface area contributed by atoms with Gasteiger partial charge in [-0.3, -0.25) is 0 Å². The number of carboxylic acids is 1. The molecular weight excluding hydrogens is 198 g/mol. The van der Waals surface area contributed by atoms with Crippen LogP contribution in [0.15, 0.2) is 0 Å². The Labute approximate surface area is 89.2 Å². The monoisotopic (exact) mass is 217 g/mol. The van der Waals surface area contributed by atoms with Crippen molar-refractivity contribution < 1.29 is 14.7 Å². The first kappa shape index (κ1) is 13.7. The number of nitrogens with one attached hydrogen (secondary N) is 2. The number of carbonyl (C=O) groups is 2. The van der Waals surface area contributed by atoms with Crippen LogP contribution in [0.25, 0.3) is 0 Å². The summed E-state index contributed by atoms with van der Waals surface area (Å²) < 4.78 is 0. The zero-order chi connectivity index (χ0) is 11.9. The number of nitrogens with two attached hydrogens (primary N) is 1. The number of urea groups is 1. The van der Waals surface area contributed by atoms with E-state index in [2.05, 4.69) is 10.6 Å². The Kier molecular flexibility index (Phi) is 5.69. The Morgan fingerprint density at radius 2 is 1.87 bits per heavy atom. The van der Waals surface area contributed by atoms with Crippen molar-refractivity contribution in [3.8, 4) is 0 Å². The summed E-state index contributed by atoms with van der Waals surface area (Å²) in [7, 11) is 0. The van der Waals surface area contributed by atoms with E-state index in [1.54, 1.807) is 13.8 Å². The molecule has 0 bridgehead atoms. The van der Waals surface area contributed by atoms with Gasteiger partial charge in [-0.25, -0.2) is 9.59 Å². The van der Waals surface area contributed by atoms with Crippen molar-refractivity contribution in [3.63, 3.8) is 0 Å². The highest BCUT2D eigenvalue weighted by atomic mass is 16.4. The Balaban J connectivity index is 4.40. The van der Waals surface area contributed by atoms with E-state index in [1.165, 1.54) is 0 Å². The highest BCUT2D eigenvalue weighted by Crippen LogP contribution is 2.14. The zero-order valence-electron chi connectivity index (χ0n) is 9.17. The summed E-state index contributed by atoms with van der Waals surface area (Å²) in [4.78, 5) is 22.3. The maximum absolute atomic E-state index is 11.3. The van der Waals surface area contributed by atoms with Crippen molar-refractivity contribution in [1.29, 1.82) is 0 Å². The quantitative estimate of drug-likeness (QED) is 0.498. The number of carboxylic acid groups (broad SMARTS) is 1. The molecule has 88 valence electrons. The summed E-state index contributed by atoms with van der Waals surface area (Å²) in [6.45, 7) is 4.10. The van der Waals surface area contributed by atoms with E-state index in [9.17, 15) is 9.59 Å². The van der Waals surface area contributed by atoms with Gasteiger partial charge >= 0.3 is 12.0 Å². The van der Waals surface area contributed by atoms with Crippen LogP contribution in [0.5, 0.6) is 0 Å². The summed E-state index contributed by atoms with van der Waals surface area (Å²) in [5.74, 6) is -1.02. The molecule has 0 aromatic carbocycles. The van der Waals surface area contributed by atoms with Crippen molar-refractivity contribution in [2.24, 2.45) is 5.73 Å². The molecule has 0 aromatic heterocycles. The minimum Gasteiger partial charge on any atom is -0.480 e. The fourth-order valence-electron chi connectivity index (χ4n) is 1.23. The lowest BCUT2D eigenvalue weighted by molar-refractivity contribution is -0.144. The summed E-state index contributed by atoms with van der Waals surface area (Å²) >= 11 is 0. The van der Waals surface area contributed by atoms with Crippen LogP contribution in [-0.4, -0.2) is 35.7 Å². The molecule has 0 rings (SSSR count). The predicted molar refractivity (Wildman–Crippen MR) is 56.5 cm³/mol. The lowest BCUT2D eigenvalue weighted by Gasteiger charge is -2.27. The van der Waals surface area contributed by atoms with Gasteiger partial charge < -0.3 is 21.5 Å². The third-order valence-corrected chi connectivity index (χ3v) is 2.40. The van der Waals surface area contributed by atoms with Crippen LogP contribution in [-0.2, 0) is 4.79 Å². The highest BCUT2D eigenvalue weighted by Gasteiger charge is 2.36. The van der Waals surface area contributed by atoms with E-state index >= 15 is 0 Å². The predicted octanol–water partition coefficient (Wildman–Crippen LogP) is -0.112. The van der Waals surface area contributed by atoms with Crippen LogP contribution in [0.1, 0.15) is 26.7 Å². The SMILES string of the molecule is CCC(CC)(NC(=O)NCCN)C(=O)O. The fourth-order valence-corrected chi connectivity index (χ4v) is 1.23. The van der Waals surface area contributed by atoms with Crippen LogP contribution in [0.3, 0.4) is 0 Å². The van der Waals surface area contributed by atoms with Gasteiger partial charge in [-0.1, -0.05) is 13.8 Å². The van der Waals surface area contributed by atoms with Gasteiger partial charge in [-0.15, -0.1) is 0 Å². The molecule has 6 heteroatoms. The van der Waals surface area contributed by atoms with E-state index in [4.69, 9.17) is 10.8 Å². The second-order valence-electron chi connectivity index (χ2n) is 3.26. The average molecular weight is 217 g/mol. The van der Waals surface area contributed by atoms with E-state index in [0.29, 0.717) is 25.9 Å². The van der Waals surface area contributed by atoms with Crippen molar-refractivity contribution in [3.05, 3.63) is 0 Å². The number of hydrogen-bond acceptors (Lipinski definition) is 3. The number of carbonyl (C=O) groups excluding carboxylic acids is 1. The standard InChI is InChI=1S/C9H19N3O3/c1-3-9(4-2,7(13)14)12-8(15)11-6-5-10/h3-6,10H2,1-2H3,(H,13,14)(H2,11,12,15). The van der Waals surface area contributed by atoms with Crippen LogP contribution >= 0.6 is 0 Å². The molecule has 0 saturated heterocycles. The molecular formula is C9H19N3O3. The van der Waals surface area contributed by atoms with Gasteiger partial charge in [-0.2, -0.15) is 0 Å². The van der Waals surface area contributed by atoms with Gasteiger partial charge in [0.1, 0.15) is 5.54 Å². The summed E-state index contributed by atoms with van der Waals surface area (Å²) in [5, 5.41) is 14.0. The van der Waals surface area contributed by atoms with E-state index in [-0.39, 0.29) is 0 Å². The van der Waals surface area contributed by atoms with Crippen molar-refractivity contribution >= 4 is 12.0 Å². The Bertz CT molecular complexity index is 227. The van der Waals surface area contributed by atoms with Gasteiger partial charge in [0.15, 0.2) is 0 Å². The molecule has 5 N–H and O–H groups in total. The van der Waals surface area contributed by atoms with Crippen LogP contribution in [0.2, 0.25) is 0 Å². The molecule has 0 spiro atoms. The van der Waals surface area contributed by atoms with Gasteiger partial charge in [0.05, 0.1) is 0 Å². The summed E-state index contributed by atoms with van der Waals surface area (Å²) in [6, 6.07) is -0.494. The molecule has 0 atom stereocenters. The second-order valence-corrected chi connectivity index (χ2v) is 3.26. The van der Waals surface area contributed by atoms with E-state index in [1.807, 2.05) is 0 Å². The third kappa shape index (κ3) is 3.75. The Morgan fingerprint density at radius 3 is 2.20 bits per heavy atom. The van der Waals surface area contributed by atoms with Crippen molar-refractivity contribution in [1.82, 2.24) is 10.6 Å². The zero-order valence-corrected chi connectivity index (χ0v) is 9.17. The summed E-state index contributed by atoms with van der Waals surface area (Å²) in [5.41, 5.74) is 4.02. The van der Waals surface area contributed by atoms with Crippen LogP contribution in [0, 0.1) is 0 Å². The molecule has 0 aromatic rings. The molecule has 2 amide bonds. The number of hydrogen-bond donors (Lipinski definition) is 4. The minimum atomic E-state index is -1.18. The molecule has 0 radical (unpaired) electrons. The molecule has 0 unspecified atom stereocenters. The molecule has 0 aliphatic carbocycles. The van der Waals surface area contributed by atoms with Crippen molar-refractivity contribution in [2.45, 2.75) is 32.2 Å². The first-order valence-corrected chi connectivity index (χ1v) is 5.01. The Morgan fingerprint density at radius 1 is 1.33 bits per heavy atom. The fraction of sp³-hybridized carbons (Fsp3) is 0.778. The lowest BCUT2D eigenvalue weighted by atomic mass is 9.93. The molecule has 0 aliphatic heterocycles. The molecule has 15 heavy (non-hydrogen) atoms. The normalized spacial score (nSPS) is 10.9. The molecule has 0 heterocycles. The van der Waals surface area contributed by atoms with Gasteiger partial charge in [0.2, 0.25) is 0 Å². The van der Waals surface area contributed by atoms with Crippen molar-refractivity contribution in [2.75, 3.05) is 13.1 Å². The molecule has 6 nitrogen and oxygen atoms in total. The highest BCUT2D eigenvalue weighted by molar-refractivity contribution is 5.86. The smallest absolute Gasteiger partial charge is 0.329 e. The maximum Gasteiger partial charge on any atom is 0.329 e. The van der Waals surface area contributed by atoms with Crippen LogP contribution in [0.4, 0.5) is 4.79 Å². The molecule has 0 saturated carbocycles. The van der Waals surface area contributed by atoms with Gasteiger partial charge in [0, 0.05) is 13.1 Å². The summed E-state index contributed by atoms with van der Waals surface area (Å²) in [6.07, 6.45) is 0.684. The molecule has 0 aliphatic rings. The lowest BCUT2D eigenvalue weighted by Crippen LogP contribution is -2.56. The topological polar surface area (TPSA) is 104 Å². The number of aliphatic carboxylic acids is 1. The first-order valence-electron chi connectivity index (χ1n) is 5.01. The van der Waals surface area contributed by atoms with Crippen LogP contribution < -0.4 is 16.4 Å². The second kappa shape index (κ2) is 6.23. The largest absolute Gasteiger partial charge is 0.480 e. The number of amides is 2. The van der Waals surface area contributed by atoms with Gasteiger partial charge in [-0.05, 0) is 12.8 Å². The van der Waals surface area contributed by atoms with Gasteiger partial charge in [0.25, 0.3) is 0 Å². The Hall–Kier alpha value is -1.30. The average Bonchev–Trinajstić information content (AvgIpc) is 2.22. The van der Waals surface area contributed by atoms with E-state index in [0.717, 1.165) is 0 Å². The van der Waals surface area contributed by atoms with E-state index < -0.39 is 17.5 Å². The first-order chi connectivity index (χ1) is 7.02. The number of rotatable bonds is 6. The third-order valence-electron chi connectivity index (χ3n) is 2.40. The maximum atomic E-state index is 11.3.